The van der Waals surface area contributed by atoms with Crippen LogP contribution in [0.2, 0.25) is 0 Å². The second kappa shape index (κ2) is 8.73. The Morgan fingerprint density at radius 3 is 2.81 bits per heavy atom. The van der Waals surface area contributed by atoms with Crippen molar-refractivity contribution in [3.63, 3.8) is 0 Å². The van der Waals surface area contributed by atoms with Crippen LogP contribution in [0.5, 0.6) is 11.5 Å². The first-order valence-corrected chi connectivity index (χ1v) is 11.3. The molecule has 1 aliphatic heterocycles. The summed E-state index contributed by atoms with van der Waals surface area (Å²) in [5, 5.41) is 3.01. The van der Waals surface area contributed by atoms with E-state index in [1.165, 1.54) is 12.8 Å². The molecule has 32 heavy (non-hydrogen) atoms. The molecule has 1 aromatic heterocycles. The van der Waals surface area contributed by atoms with Crippen LogP contribution in [-0.2, 0) is 6.54 Å². The number of amides is 2. The van der Waals surface area contributed by atoms with Gasteiger partial charge in [-0.3, -0.25) is 0 Å². The van der Waals surface area contributed by atoms with Gasteiger partial charge in [-0.15, -0.1) is 0 Å². The first-order valence-electron chi connectivity index (χ1n) is 11.3. The third kappa shape index (κ3) is 4.11. The molecule has 0 spiro atoms. The summed E-state index contributed by atoms with van der Waals surface area (Å²) in [4.78, 5) is 18.9. The number of oxazole rings is 1. The van der Waals surface area contributed by atoms with Crippen LogP contribution in [0.25, 0.3) is 11.1 Å². The largest absolute Gasteiger partial charge is 0.493 e. The van der Waals surface area contributed by atoms with E-state index < -0.39 is 0 Å². The summed E-state index contributed by atoms with van der Waals surface area (Å²) in [7, 11) is 1.67. The van der Waals surface area contributed by atoms with E-state index in [1.54, 1.807) is 12.0 Å². The predicted octanol–water partition coefficient (Wildman–Crippen LogP) is 4.78. The molecule has 1 saturated carbocycles. The van der Waals surface area contributed by atoms with E-state index in [0.29, 0.717) is 25.5 Å². The minimum Gasteiger partial charge on any atom is -0.493 e. The maximum absolute atomic E-state index is 12.6. The van der Waals surface area contributed by atoms with Crippen molar-refractivity contribution < 1.29 is 18.7 Å². The lowest BCUT2D eigenvalue weighted by Gasteiger charge is -2.33. The molecule has 1 unspecified atom stereocenters. The van der Waals surface area contributed by atoms with Gasteiger partial charge in [-0.05, 0) is 61.9 Å². The van der Waals surface area contributed by atoms with E-state index in [2.05, 4.69) is 22.4 Å². The quantitative estimate of drug-likeness (QED) is 0.603. The number of hydrogen-bond donors (Lipinski definition) is 1. The van der Waals surface area contributed by atoms with E-state index in [0.717, 1.165) is 46.6 Å². The molecule has 2 heterocycles. The summed E-state index contributed by atoms with van der Waals surface area (Å²) in [5.74, 6) is 2.22. The predicted molar refractivity (Wildman–Crippen MR) is 121 cm³/mol. The second-order valence-electron chi connectivity index (χ2n) is 8.73. The van der Waals surface area contributed by atoms with Crippen LogP contribution in [0, 0.1) is 6.92 Å². The number of carbonyl (C=O) groups is 1. The second-order valence-corrected chi connectivity index (χ2v) is 8.73. The summed E-state index contributed by atoms with van der Waals surface area (Å²) < 4.78 is 17.7. The number of fused-ring (bicyclic) bond motifs is 1. The molecule has 0 bridgehead atoms. The monoisotopic (exact) mass is 435 g/mol. The van der Waals surface area contributed by atoms with Crippen molar-refractivity contribution in [2.24, 2.45) is 0 Å². The average molecular weight is 436 g/mol. The van der Waals surface area contributed by atoms with Crippen LogP contribution in [0.15, 0.2) is 40.8 Å². The molecule has 3 aromatic rings. The molecule has 5 rings (SSSR count). The number of ether oxygens (including phenoxy) is 2. The van der Waals surface area contributed by atoms with Crippen LogP contribution in [0.1, 0.15) is 48.6 Å². The number of aryl methyl sites for hydroxylation is 1. The zero-order valence-electron chi connectivity index (χ0n) is 18.6. The lowest BCUT2D eigenvalue weighted by Crippen LogP contribution is -2.49. The molecule has 168 valence electrons. The summed E-state index contributed by atoms with van der Waals surface area (Å²) in [6.45, 7) is 3.49. The molecule has 2 aromatic carbocycles. The highest BCUT2D eigenvalue weighted by molar-refractivity contribution is 5.77. The number of methoxy groups -OCH3 is 1. The van der Waals surface area contributed by atoms with Crippen molar-refractivity contribution in [2.75, 3.05) is 20.2 Å². The molecule has 7 nitrogen and oxygen atoms in total. The number of hydrogen-bond acceptors (Lipinski definition) is 5. The SMILES string of the molecule is COc1ccc(C2CNC(=O)N(Cc3nc4cccc(C)c4o3)C2)cc1OC1CCCC1. The molecule has 7 heteroatoms. The lowest BCUT2D eigenvalue weighted by molar-refractivity contribution is 0.170. The molecule has 2 amide bonds. The number of urea groups is 1. The summed E-state index contributed by atoms with van der Waals surface area (Å²) in [5.41, 5.74) is 3.76. The standard InChI is InChI=1S/C25H29N3O4/c1-16-6-5-9-20-24(16)32-23(27-20)15-28-14-18(13-26-25(28)29)17-10-11-21(30-2)22(12-17)31-19-7-3-4-8-19/h5-6,9-12,18-19H,3-4,7-8,13-15H2,1-2H3,(H,26,29). The Kier molecular flexibility index (Phi) is 5.64. The molecule has 0 radical (unpaired) electrons. The lowest BCUT2D eigenvalue weighted by atomic mass is 9.96. The van der Waals surface area contributed by atoms with Gasteiger partial charge in [0.05, 0.1) is 19.8 Å². The Morgan fingerprint density at radius 1 is 1.19 bits per heavy atom. The van der Waals surface area contributed by atoms with Crippen molar-refractivity contribution in [1.82, 2.24) is 15.2 Å². The summed E-state index contributed by atoms with van der Waals surface area (Å²) in [6.07, 6.45) is 4.86. The minimum absolute atomic E-state index is 0.101. The van der Waals surface area contributed by atoms with Gasteiger partial charge >= 0.3 is 6.03 Å². The van der Waals surface area contributed by atoms with Gasteiger partial charge in [0.1, 0.15) is 5.52 Å². The zero-order valence-corrected chi connectivity index (χ0v) is 18.6. The third-order valence-electron chi connectivity index (χ3n) is 6.46. The normalized spacial score (nSPS) is 19.4. The molecule has 2 aliphatic rings. The zero-order chi connectivity index (χ0) is 22.1. The number of para-hydroxylation sites is 1. The van der Waals surface area contributed by atoms with Gasteiger partial charge in [0, 0.05) is 19.0 Å². The Morgan fingerprint density at radius 2 is 2.03 bits per heavy atom. The first-order chi connectivity index (χ1) is 15.6. The molecular formula is C25H29N3O4. The fraction of sp³-hybridized carbons (Fsp3) is 0.440. The first kappa shape index (κ1) is 20.7. The van der Waals surface area contributed by atoms with E-state index >= 15 is 0 Å². The van der Waals surface area contributed by atoms with Crippen molar-refractivity contribution in [1.29, 1.82) is 0 Å². The molecule has 1 N–H and O–H groups in total. The maximum Gasteiger partial charge on any atom is 0.317 e. The highest BCUT2D eigenvalue weighted by atomic mass is 16.5. The van der Waals surface area contributed by atoms with Gasteiger partial charge < -0.3 is 24.1 Å². The van der Waals surface area contributed by atoms with E-state index in [4.69, 9.17) is 13.9 Å². The fourth-order valence-corrected chi connectivity index (χ4v) is 4.68. The van der Waals surface area contributed by atoms with Crippen molar-refractivity contribution >= 4 is 17.1 Å². The Hall–Kier alpha value is -3.22. The fourth-order valence-electron chi connectivity index (χ4n) is 4.68. The average Bonchev–Trinajstić information content (AvgIpc) is 3.45. The molecule has 1 aliphatic carbocycles. The molecule has 2 fully saturated rings. The number of nitrogens with one attached hydrogen (secondary N) is 1. The van der Waals surface area contributed by atoms with Crippen LogP contribution in [0.4, 0.5) is 4.79 Å². The van der Waals surface area contributed by atoms with Gasteiger partial charge in [-0.25, -0.2) is 9.78 Å². The molecular weight excluding hydrogens is 406 g/mol. The van der Waals surface area contributed by atoms with Crippen molar-refractivity contribution in [2.45, 2.75) is 51.2 Å². The molecule has 1 atom stereocenters. The van der Waals surface area contributed by atoms with Crippen molar-refractivity contribution in [3.05, 3.63) is 53.4 Å². The minimum atomic E-state index is -0.101. The summed E-state index contributed by atoms with van der Waals surface area (Å²) in [6, 6.07) is 11.9. The van der Waals surface area contributed by atoms with Crippen molar-refractivity contribution in [3.8, 4) is 11.5 Å². The van der Waals surface area contributed by atoms with Crippen LogP contribution >= 0.6 is 0 Å². The van der Waals surface area contributed by atoms with Crippen LogP contribution in [0.3, 0.4) is 0 Å². The topological polar surface area (TPSA) is 76.8 Å². The van der Waals surface area contributed by atoms with Gasteiger partial charge in [0.2, 0.25) is 5.89 Å². The summed E-state index contributed by atoms with van der Waals surface area (Å²) >= 11 is 0. The van der Waals surface area contributed by atoms with Gasteiger partial charge in [0.25, 0.3) is 0 Å². The smallest absolute Gasteiger partial charge is 0.317 e. The number of carbonyl (C=O) groups excluding carboxylic acids is 1. The van der Waals surface area contributed by atoms with Gasteiger partial charge in [0.15, 0.2) is 17.1 Å². The van der Waals surface area contributed by atoms with Crippen LogP contribution in [-0.4, -0.2) is 42.2 Å². The Bertz CT molecular complexity index is 1120. The number of nitrogens with zero attached hydrogens (tertiary/aromatic N) is 2. The Balaban J connectivity index is 1.34. The number of benzene rings is 2. The van der Waals surface area contributed by atoms with Gasteiger partial charge in [-0.1, -0.05) is 18.2 Å². The molecule has 1 saturated heterocycles. The highest BCUT2D eigenvalue weighted by Gasteiger charge is 2.29. The van der Waals surface area contributed by atoms with E-state index in [1.807, 2.05) is 31.2 Å². The number of aromatic nitrogens is 1. The maximum atomic E-state index is 12.6. The van der Waals surface area contributed by atoms with E-state index in [9.17, 15) is 4.79 Å². The number of rotatable bonds is 6. The third-order valence-corrected chi connectivity index (χ3v) is 6.46. The highest BCUT2D eigenvalue weighted by Crippen LogP contribution is 2.35. The Labute approximate surface area is 187 Å². The van der Waals surface area contributed by atoms with E-state index in [-0.39, 0.29) is 18.1 Å². The van der Waals surface area contributed by atoms with Crippen LogP contribution < -0.4 is 14.8 Å². The van der Waals surface area contributed by atoms with Gasteiger partial charge in [-0.2, -0.15) is 0 Å².